The van der Waals surface area contributed by atoms with Gasteiger partial charge in [-0.15, -0.1) is 0 Å². The zero-order valence-electron chi connectivity index (χ0n) is 22.8. The Morgan fingerprint density at radius 2 is 1.63 bits per heavy atom. The number of aryl methyl sites for hydroxylation is 2. The maximum absolute atomic E-state index is 15.0. The van der Waals surface area contributed by atoms with Gasteiger partial charge in [0.25, 0.3) is 0 Å². The van der Waals surface area contributed by atoms with E-state index in [0.29, 0.717) is 28.5 Å². The van der Waals surface area contributed by atoms with E-state index in [0.717, 1.165) is 24.3 Å². The second-order valence-corrected chi connectivity index (χ2v) is 9.69. The van der Waals surface area contributed by atoms with Gasteiger partial charge < -0.3 is 10.1 Å². The number of carbonyl (C=O) groups excluding carboxylic acids is 1. The summed E-state index contributed by atoms with van der Waals surface area (Å²) in [4.78, 5) is 17.8. The first-order chi connectivity index (χ1) is 20.3. The predicted molar refractivity (Wildman–Crippen MR) is 146 cm³/mol. The fourth-order valence-corrected chi connectivity index (χ4v) is 4.67. The van der Waals surface area contributed by atoms with Crippen molar-refractivity contribution in [1.82, 2.24) is 10.3 Å². The first-order valence-electron chi connectivity index (χ1n) is 12.8. The van der Waals surface area contributed by atoms with Crippen molar-refractivity contribution in [3.8, 4) is 11.8 Å². The summed E-state index contributed by atoms with van der Waals surface area (Å²) in [6, 6.07) is 18.2. The SMILES string of the molecule is Cc1cc(NC(=O)N[C@](Cc2ccccc2)(c2ccc(F)cc2)c2cc(F)cc(OC(F)(F)C(F)F)c2)nc(C)c1C#N. The van der Waals surface area contributed by atoms with E-state index in [1.165, 1.54) is 18.2 Å². The maximum Gasteiger partial charge on any atom is 0.461 e. The molecule has 0 saturated carbocycles. The Morgan fingerprint density at radius 1 is 0.953 bits per heavy atom. The fraction of sp³-hybridized carbons (Fsp3) is 0.194. The lowest BCUT2D eigenvalue weighted by Gasteiger charge is -2.37. The van der Waals surface area contributed by atoms with Gasteiger partial charge in [0.05, 0.1) is 16.8 Å². The quantitative estimate of drug-likeness (QED) is 0.197. The van der Waals surface area contributed by atoms with Crippen LogP contribution in [0.2, 0.25) is 0 Å². The Kier molecular flexibility index (Phi) is 8.94. The van der Waals surface area contributed by atoms with E-state index in [1.54, 1.807) is 44.2 Å². The van der Waals surface area contributed by atoms with E-state index >= 15 is 0 Å². The molecule has 6 nitrogen and oxygen atoms in total. The predicted octanol–water partition coefficient (Wildman–Crippen LogP) is 7.39. The highest BCUT2D eigenvalue weighted by atomic mass is 19.3. The second kappa shape index (κ2) is 12.4. The summed E-state index contributed by atoms with van der Waals surface area (Å²) in [5.41, 5.74) is 0.0213. The van der Waals surface area contributed by atoms with Crippen LogP contribution in [-0.4, -0.2) is 23.5 Å². The minimum Gasteiger partial charge on any atom is -0.428 e. The summed E-state index contributed by atoms with van der Waals surface area (Å²) in [6.45, 7) is 3.23. The molecule has 3 aromatic carbocycles. The normalized spacial score (nSPS) is 12.7. The van der Waals surface area contributed by atoms with Crippen LogP contribution in [0.5, 0.6) is 5.75 Å². The van der Waals surface area contributed by atoms with Gasteiger partial charge in [-0.2, -0.15) is 22.8 Å². The largest absolute Gasteiger partial charge is 0.461 e. The Bertz CT molecular complexity index is 1640. The summed E-state index contributed by atoms with van der Waals surface area (Å²) in [5, 5.41) is 14.6. The molecule has 4 aromatic rings. The monoisotopic (exact) mass is 598 g/mol. The van der Waals surface area contributed by atoms with Crippen LogP contribution in [0, 0.1) is 36.8 Å². The maximum atomic E-state index is 15.0. The van der Waals surface area contributed by atoms with Crippen molar-refractivity contribution in [3.05, 3.63) is 124 Å². The average Bonchev–Trinajstić information content (AvgIpc) is 2.93. The number of nitrogens with zero attached hydrogens (tertiary/aromatic N) is 2. The molecule has 0 spiro atoms. The number of urea groups is 1. The van der Waals surface area contributed by atoms with E-state index in [9.17, 15) is 36.4 Å². The summed E-state index contributed by atoms with van der Waals surface area (Å²) in [7, 11) is 0. The van der Waals surface area contributed by atoms with Crippen LogP contribution in [0.3, 0.4) is 0 Å². The van der Waals surface area contributed by atoms with Gasteiger partial charge in [0.2, 0.25) is 0 Å². The van der Waals surface area contributed by atoms with Gasteiger partial charge in [0.15, 0.2) is 0 Å². The van der Waals surface area contributed by atoms with E-state index in [1.807, 2.05) is 6.07 Å². The topological polar surface area (TPSA) is 87.0 Å². The molecule has 0 aliphatic heterocycles. The molecule has 0 unspecified atom stereocenters. The van der Waals surface area contributed by atoms with E-state index in [4.69, 9.17) is 0 Å². The standard InChI is InChI=1S/C31H24F6N4O2/c1-18-12-27(39-19(2)26(18)17-38)40-29(42)41-30(16-20-6-4-3-5-7-20,21-8-10-23(32)11-9-21)22-13-24(33)15-25(14-22)43-31(36,37)28(34)35/h3-15,28H,16H2,1-2H3,(H2,39,40,41,42)/t30-/m1/s1. The van der Waals surface area contributed by atoms with Crippen molar-refractivity contribution in [2.75, 3.05) is 5.32 Å². The van der Waals surface area contributed by atoms with Crippen LogP contribution in [0.4, 0.5) is 37.0 Å². The fourth-order valence-electron chi connectivity index (χ4n) is 4.67. The molecular formula is C31H24F6N4O2. The van der Waals surface area contributed by atoms with Gasteiger partial charge in [-0.1, -0.05) is 42.5 Å². The lowest BCUT2D eigenvalue weighted by Crippen LogP contribution is -2.50. The molecule has 0 bridgehead atoms. The summed E-state index contributed by atoms with van der Waals surface area (Å²) in [6.07, 6.45) is -9.27. The van der Waals surface area contributed by atoms with Crippen molar-refractivity contribution >= 4 is 11.8 Å². The number of anilines is 1. The number of carbonyl (C=O) groups is 1. The minimum absolute atomic E-state index is 0.0686. The molecule has 12 heteroatoms. The number of hydrogen-bond donors (Lipinski definition) is 2. The van der Waals surface area contributed by atoms with Crippen LogP contribution in [-0.2, 0) is 12.0 Å². The van der Waals surface area contributed by atoms with Crippen LogP contribution in [0.25, 0.3) is 0 Å². The van der Waals surface area contributed by atoms with Gasteiger partial charge in [-0.25, -0.2) is 18.6 Å². The number of halogens is 6. The van der Waals surface area contributed by atoms with Gasteiger partial charge in [0, 0.05) is 12.5 Å². The molecule has 0 fully saturated rings. The van der Waals surface area contributed by atoms with Crippen LogP contribution < -0.4 is 15.4 Å². The van der Waals surface area contributed by atoms with Crippen molar-refractivity contribution in [2.24, 2.45) is 0 Å². The van der Waals surface area contributed by atoms with Crippen molar-refractivity contribution in [3.63, 3.8) is 0 Å². The van der Waals surface area contributed by atoms with Crippen molar-refractivity contribution < 1.29 is 35.9 Å². The molecule has 0 saturated heterocycles. The Morgan fingerprint density at radius 3 is 2.23 bits per heavy atom. The Hall–Kier alpha value is -5.05. The average molecular weight is 599 g/mol. The molecule has 1 heterocycles. The number of benzene rings is 3. The first kappa shape index (κ1) is 30.9. The molecule has 2 N–H and O–H groups in total. The number of rotatable bonds is 9. The van der Waals surface area contributed by atoms with Crippen LogP contribution >= 0.6 is 0 Å². The number of nitrogens with one attached hydrogen (secondary N) is 2. The number of alkyl halides is 4. The number of amides is 2. The van der Waals surface area contributed by atoms with Gasteiger partial charge >= 0.3 is 18.6 Å². The van der Waals surface area contributed by atoms with Crippen LogP contribution in [0.15, 0.2) is 78.9 Å². The van der Waals surface area contributed by atoms with Gasteiger partial charge in [-0.05, 0) is 66.4 Å². The van der Waals surface area contributed by atoms with Crippen molar-refractivity contribution in [2.45, 2.75) is 38.3 Å². The minimum atomic E-state index is -4.94. The van der Waals surface area contributed by atoms with Gasteiger partial charge in [0.1, 0.15) is 29.3 Å². The zero-order valence-corrected chi connectivity index (χ0v) is 22.8. The third-order valence-electron chi connectivity index (χ3n) is 6.60. The lowest BCUT2D eigenvalue weighted by molar-refractivity contribution is -0.253. The third kappa shape index (κ3) is 7.06. The molecule has 0 radical (unpaired) electrons. The highest BCUT2D eigenvalue weighted by Crippen LogP contribution is 2.38. The molecular weight excluding hydrogens is 574 g/mol. The molecule has 222 valence electrons. The first-order valence-corrected chi connectivity index (χ1v) is 12.8. The number of hydrogen-bond acceptors (Lipinski definition) is 4. The van der Waals surface area contributed by atoms with E-state index < -0.39 is 41.5 Å². The Labute approximate surface area is 243 Å². The number of ether oxygens (including phenoxy) is 1. The highest BCUT2D eigenvalue weighted by Gasteiger charge is 2.45. The molecule has 1 atom stereocenters. The molecule has 0 aliphatic rings. The number of aromatic nitrogens is 1. The molecule has 43 heavy (non-hydrogen) atoms. The smallest absolute Gasteiger partial charge is 0.428 e. The highest BCUT2D eigenvalue weighted by molar-refractivity contribution is 5.89. The summed E-state index contributed by atoms with van der Waals surface area (Å²) < 4.78 is 86.7. The third-order valence-corrected chi connectivity index (χ3v) is 6.60. The number of pyridine rings is 1. The zero-order chi connectivity index (χ0) is 31.4. The molecule has 0 aliphatic carbocycles. The van der Waals surface area contributed by atoms with Crippen LogP contribution in [0.1, 0.15) is 33.5 Å². The van der Waals surface area contributed by atoms with Gasteiger partial charge in [-0.3, -0.25) is 5.32 Å². The molecule has 1 aromatic heterocycles. The van der Waals surface area contributed by atoms with E-state index in [-0.39, 0.29) is 23.4 Å². The Balaban J connectivity index is 1.88. The van der Waals surface area contributed by atoms with Crippen molar-refractivity contribution in [1.29, 1.82) is 5.26 Å². The number of nitriles is 1. The molecule has 2 amide bonds. The van der Waals surface area contributed by atoms with E-state index in [2.05, 4.69) is 20.4 Å². The lowest BCUT2D eigenvalue weighted by atomic mass is 9.77. The molecule has 4 rings (SSSR count). The summed E-state index contributed by atoms with van der Waals surface area (Å²) >= 11 is 0. The second-order valence-electron chi connectivity index (χ2n) is 9.69. The summed E-state index contributed by atoms with van der Waals surface area (Å²) in [5.74, 6) is -2.62.